The van der Waals surface area contributed by atoms with E-state index in [-0.39, 0.29) is 12.5 Å². The summed E-state index contributed by atoms with van der Waals surface area (Å²) in [7, 11) is 0. The number of aliphatic hydroxyl groups excluding tert-OH is 1. The van der Waals surface area contributed by atoms with Gasteiger partial charge in [-0.15, -0.1) is 0 Å². The van der Waals surface area contributed by atoms with Crippen LogP contribution in [0.3, 0.4) is 0 Å². The average Bonchev–Trinajstić information content (AvgIpc) is 2.44. The number of carbonyl (C=O) groups is 1. The van der Waals surface area contributed by atoms with Gasteiger partial charge in [0.15, 0.2) is 0 Å². The molecule has 0 aliphatic carbocycles. The maximum Gasteiger partial charge on any atom is 0.254 e. The molecule has 0 unspecified atom stereocenters. The van der Waals surface area contributed by atoms with Gasteiger partial charge >= 0.3 is 0 Å². The maximum absolute atomic E-state index is 12.3. The minimum absolute atomic E-state index is 0.0161. The van der Waals surface area contributed by atoms with Crippen LogP contribution in [0.1, 0.15) is 37.0 Å². The molecule has 0 spiro atoms. The highest BCUT2D eigenvalue weighted by Gasteiger charge is 2.14. The van der Waals surface area contributed by atoms with Crippen molar-refractivity contribution < 1.29 is 14.6 Å². The van der Waals surface area contributed by atoms with Gasteiger partial charge in [0.05, 0.1) is 13.2 Å². The molecule has 0 saturated heterocycles. The molecule has 1 aromatic carbocycles. The van der Waals surface area contributed by atoms with Gasteiger partial charge in [-0.3, -0.25) is 4.79 Å². The van der Waals surface area contributed by atoms with Gasteiger partial charge < -0.3 is 14.7 Å². The molecule has 0 heterocycles. The molecule has 1 aromatic rings. The van der Waals surface area contributed by atoms with Crippen LogP contribution >= 0.6 is 0 Å². The van der Waals surface area contributed by atoms with E-state index in [0.717, 1.165) is 12.8 Å². The molecular weight excluding hydrogens is 242 g/mol. The summed E-state index contributed by atoms with van der Waals surface area (Å²) in [5.41, 5.74) is 0.607. The Kier molecular flexibility index (Phi) is 6.97. The molecule has 1 amide bonds. The van der Waals surface area contributed by atoms with Gasteiger partial charge in [0.25, 0.3) is 5.91 Å². The first kappa shape index (κ1) is 15.5. The van der Waals surface area contributed by atoms with Crippen LogP contribution in [0.15, 0.2) is 24.3 Å². The molecule has 0 aromatic heterocycles. The van der Waals surface area contributed by atoms with Crippen LogP contribution in [-0.2, 0) is 0 Å². The monoisotopic (exact) mass is 265 g/mol. The van der Waals surface area contributed by atoms with E-state index in [1.807, 2.05) is 26.0 Å². The second-order valence-electron chi connectivity index (χ2n) is 4.39. The normalized spacial score (nSPS) is 10.3. The van der Waals surface area contributed by atoms with E-state index in [0.29, 0.717) is 31.0 Å². The summed E-state index contributed by atoms with van der Waals surface area (Å²) in [6, 6.07) is 7.21. The van der Waals surface area contributed by atoms with E-state index < -0.39 is 0 Å². The minimum Gasteiger partial charge on any atom is -0.494 e. The minimum atomic E-state index is -0.0575. The highest BCUT2D eigenvalue weighted by molar-refractivity contribution is 5.94. The summed E-state index contributed by atoms with van der Waals surface area (Å²) >= 11 is 0. The Hall–Kier alpha value is -1.55. The zero-order chi connectivity index (χ0) is 14.1. The zero-order valence-electron chi connectivity index (χ0n) is 11.8. The number of nitrogens with zero attached hydrogens (tertiary/aromatic N) is 1. The molecule has 0 bridgehead atoms. The average molecular weight is 265 g/mol. The van der Waals surface area contributed by atoms with Crippen molar-refractivity contribution in [1.82, 2.24) is 4.90 Å². The molecular formula is C15H23NO3. The maximum atomic E-state index is 12.3. The number of carbonyl (C=O) groups excluding carboxylic acids is 1. The van der Waals surface area contributed by atoms with Crippen LogP contribution in [-0.4, -0.2) is 42.2 Å². The lowest BCUT2D eigenvalue weighted by Crippen LogP contribution is -2.34. The molecule has 0 aliphatic rings. The quantitative estimate of drug-likeness (QED) is 0.784. The van der Waals surface area contributed by atoms with Crippen LogP contribution in [0.5, 0.6) is 5.75 Å². The molecule has 1 rings (SSSR count). The van der Waals surface area contributed by atoms with Crippen molar-refractivity contribution in [3.63, 3.8) is 0 Å². The van der Waals surface area contributed by atoms with Crippen molar-refractivity contribution in [1.29, 1.82) is 0 Å². The molecule has 0 saturated carbocycles. The number of hydrogen-bond donors (Lipinski definition) is 1. The van der Waals surface area contributed by atoms with Crippen LogP contribution < -0.4 is 4.74 Å². The molecule has 0 fully saturated rings. The van der Waals surface area contributed by atoms with E-state index in [4.69, 9.17) is 9.84 Å². The SMILES string of the molecule is CCCOc1cccc(C(=O)N(CCC)CCO)c1. The second-order valence-corrected chi connectivity index (χ2v) is 4.39. The third-order valence-corrected chi connectivity index (χ3v) is 2.70. The summed E-state index contributed by atoms with van der Waals surface area (Å²) in [4.78, 5) is 14.0. The van der Waals surface area contributed by atoms with E-state index in [1.165, 1.54) is 0 Å². The largest absolute Gasteiger partial charge is 0.494 e. The van der Waals surface area contributed by atoms with E-state index >= 15 is 0 Å². The van der Waals surface area contributed by atoms with Gasteiger partial charge in [0, 0.05) is 18.7 Å². The fourth-order valence-electron chi connectivity index (χ4n) is 1.83. The number of ether oxygens (including phenoxy) is 1. The van der Waals surface area contributed by atoms with Crippen molar-refractivity contribution in [3.8, 4) is 5.75 Å². The topological polar surface area (TPSA) is 49.8 Å². The van der Waals surface area contributed by atoms with Gasteiger partial charge in [0.1, 0.15) is 5.75 Å². The zero-order valence-corrected chi connectivity index (χ0v) is 11.8. The van der Waals surface area contributed by atoms with Crippen molar-refractivity contribution >= 4 is 5.91 Å². The van der Waals surface area contributed by atoms with Crippen LogP contribution in [0.4, 0.5) is 0 Å². The van der Waals surface area contributed by atoms with Gasteiger partial charge in [-0.2, -0.15) is 0 Å². The summed E-state index contributed by atoms with van der Waals surface area (Å²) in [5.74, 6) is 0.658. The van der Waals surface area contributed by atoms with E-state index in [2.05, 4.69) is 0 Å². The molecule has 0 atom stereocenters. The number of aliphatic hydroxyl groups is 1. The molecule has 19 heavy (non-hydrogen) atoms. The number of hydrogen-bond acceptors (Lipinski definition) is 3. The number of amides is 1. The molecule has 106 valence electrons. The van der Waals surface area contributed by atoms with Crippen molar-refractivity contribution in [2.45, 2.75) is 26.7 Å². The Balaban J connectivity index is 2.78. The molecule has 0 radical (unpaired) electrons. The lowest BCUT2D eigenvalue weighted by atomic mass is 10.2. The van der Waals surface area contributed by atoms with E-state index in [9.17, 15) is 4.79 Å². The highest BCUT2D eigenvalue weighted by Crippen LogP contribution is 2.15. The van der Waals surface area contributed by atoms with Crippen molar-refractivity contribution in [2.24, 2.45) is 0 Å². The predicted octanol–water partition coefficient (Wildman–Crippen LogP) is 2.32. The summed E-state index contributed by atoms with van der Waals surface area (Å²) in [6.45, 7) is 5.70. The number of benzene rings is 1. The predicted molar refractivity (Wildman–Crippen MR) is 75.5 cm³/mol. The van der Waals surface area contributed by atoms with Crippen LogP contribution in [0.2, 0.25) is 0 Å². The van der Waals surface area contributed by atoms with Gasteiger partial charge in [-0.25, -0.2) is 0 Å². The van der Waals surface area contributed by atoms with Crippen molar-refractivity contribution in [3.05, 3.63) is 29.8 Å². The Labute approximate surface area is 115 Å². The molecule has 4 nitrogen and oxygen atoms in total. The standard InChI is InChI=1S/C15H23NO3/c1-3-8-16(9-10-17)15(18)13-6-5-7-14(12-13)19-11-4-2/h5-7,12,17H,3-4,8-11H2,1-2H3. The molecule has 0 aliphatic heterocycles. The summed E-state index contributed by atoms with van der Waals surface area (Å²) < 4.78 is 5.53. The lowest BCUT2D eigenvalue weighted by molar-refractivity contribution is 0.0721. The first-order valence-corrected chi connectivity index (χ1v) is 6.85. The Morgan fingerprint density at radius 3 is 2.68 bits per heavy atom. The van der Waals surface area contributed by atoms with Crippen LogP contribution in [0.25, 0.3) is 0 Å². The summed E-state index contributed by atoms with van der Waals surface area (Å²) in [6.07, 6.45) is 1.81. The Morgan fingerprint density at radius 1 is 1.26 bits per heavy atom. The van der Waals surface area contributed by atoms with E-state index in [1.54, 1.807) is 17.0 Å². The Morgan fingerprint density at radius 2 is 2.05 bits per heavy atom. The fraction of sp³-hybridized carbons (Fsp3) is 0.533. The van der Waals surface area contributed by atoms with Gasteiger partial charge in [-0.05, 0) is 31.0 Å². The highest BCUT2D eigenvalue weighted by atomic mass is 16.5. The fourth-order valence-corrected chi connectivity index (χ4v) is 1.83. The smallest absolute Gasteiger partial charge is 0.254 e. The first-order chi connectivity index (χ1) is 9.22. The van der Waals surface area contributed by atoms with Gasteiger partial charge in [-0.1, -0.05) is 19.9 Å². The molecule has 1 N–H and O–H groups in total. The summed E-state index contributed by atoms with van der Waals surface area (Å²) in [5, 5.41) is 9.01. The molecule has 4 heteroatoms. The first-order valence-electron chi connectivity index (χ1n) is 6.85. The van der Waals surface area contributed by atoms with Crippen molar-refractivity contribution in [2.75, 3.05) is 26.3 Å². The second kappa shape index (κ2) is 8.53. The third-order valence-electron chi connectivity index (χ3n) is 2.70. The Bertz CT molecular complexity index is 387. The van der Waals surface area contributed by atoms with Gasteiger partial charge in [0.2, 0.25) is 0 Å². The number of rotatable bonds is 8. The van der Waals surface area contributed by atoms with Crippen LogP contribution in [0, 0.1) is 0 Å². The third kappa shape index (κ3) is 4.91. The lowest BCUT2D eigenvalue weighted by Gasteiger charge is -2.21.